The largest absolute Gasteiger partial charge is 0.417 e. The Morgan fingerprint density at radius 1 is 1.15 bits per heavy atom. The SMILES string of the molecule is Nc1ccc(C(=O)Nc2ccc3[nH]c(=O)oc3c2)cc1. The van der Waals surface area contributed by atoms with Crippen molar-refractivity contribution in [2.24, 2.45) is 0 Å². The summed E-state index contributed by atoms with van der Waals surface area (Å²) in [5, 5.41) is 2.72. The highest BCUT2D eigenvalue weighted by Crippen LogP contribution is 2.17. The molecule has 4 N–H and O–H groups in total. The van der Waals surface area contributed by atoms with Crippen LogP contribution in [0.5, 0.6) is 0 Å². The molecule has 0 spiro atoms. The quantitative estimate of drug-likeness (QED) is 0.619. The van der Waals surface area contributed by atoms with Gasteiger partial charge >= 0.3 is 5.76 Å². The molecular formula is C14H11N3O3. The number of hydrogen-bond acceptors (Lipinski definition) is 4. The molecule has 1 heterocycles. The molecule has 3 aromatic rings. The van der Waals surface area contributed by atoms with Crippen LogP contribution in [0.3, 0.4) is 0 Å². The highest BCUT2D eigenvalue weighted by Gasteiger charge is 2.07. The first-order chi connectivity index (χ1) is 9.61. The molecule has 0 radical (unpaired) electrons. The van der Waals surface area contributed by atoms with Crippen molar-refractivity contribution in [3.63, 3.8) is 0 Å². The number of oxazole rings is 1. The van der Waals surface area contributed by atoms with E-state index in [9.17, 15) is 9.59 Å². The van der Waals surface area contributed by atoms with Crippen molar-refractivity contribution in [3.05, 3.63) is 58.6 Å². The number of carbonyl (C=O) groups is 1. The van der Waals surface area contributed by atoms with Gasteiger partial charge in [-0.1, -0.05) is 0 Å². The van der Waals surface area contributed by atoms with Crippen LogP contribution in [0.1, 0.15) is 10.4 Å². The summed E-state index contributed by atoms with van der Waals surface area (Å²) in [6, 6.07) is 11.5. The zero-order valence-corrected chi connectivity index (χ0v) is 10.3. The third-order valence-corrected chi connectivity index (χ3v) is 2.85. The lowest BCUT2D eigenvalue weighted by Gasteiger charge is -2.05. The van der Waals surface area contributed by atoms with Gasteiger partial charge in [-0.05, 0) is 36.4 Å². The van der Waals surface area contributed by atoms with E-state index in [2.05, 4.69) is 10.3 Å². The predicted octanol–water partition coefficient (Wildman–Crippen LogP) is 1.96. The summed E-state index contributed by atoms with van der Waals surface area (Å²) in [4.78, 5) is 25.6. The van der Waals surface area contributed by atoms with Crippen molar-refractivity contribution < 1.29 is 9.21 Å². The number of fused-ring (bicyclic) bond motifs is 1. The van der Waals surface area contributed by atoms with Gasteiger partial charge in [0.2, 0.25) is 0 Å². The molecule has 0 aliphatic rings. The number of rotatable bonds is 2. The van der Waals surface area contributed by atoms with Crippen LogP contribution in [-0.4, -0.2) is 10.9 Å². The zero-order valence-electron chi connectivity index (χ0n) is 10.3. The van der Waals surface area contributed by atoms with Crippen molar-refractivity contribution >= 4 is 28.4 Å². The highest BCUT2D eigenvalue weighted by molar-refractivity contribution is 6.05. The number of nitrogens with one attached hydrogen (secondary N) is 2. The lowest BCUT2D eigenvalue weighted by atomic mass is 10.2. The molecule has 0 unspecified atom stereocenters. The van der Waals surface area contributed by atoms with E-state index >= 15 is 0 Å². The van der Waals surface area contributed by atoms with Gasteiger partial charge in [-0.2, -0.15) is 0 Å². The molecule has 6 heteroatoms. The number of benzene rings is 2. The first kappa shape index (κ1) is 12.0. The van der Waals surface area contributed by atoms with Gasteiger partial charge in [0, 0.05) is 23.0 Å². The molecule has 0 aliphatic carbocycles. The molecule has 2 aromatic carbocycles. The topological polar surface area (TPSA) is 101 Å². The predicted molar refractivity (Wildman–Crippen MR) is 75.6 cm³/mol. The molecule has 0 saturated heterocycles. The number of hydrogen-bond donors (Lipinski definition) is 3. The Morgan fingerprint density at radius 2 is 1.90 bits per heavy atom. The summed E-state index contributed by atoms with van der Waals surface area (Å²) in [6.45, 7) is 0. The maximum atomic E-state index is 12.0. The Hall–Kier alpha value is -3.02. The number of aromatic nitrogens is 1. The molecule has 0 bridgehead atoms. The van der Waals surface area contributed by atoms with Crippen LogP contribution in [0.15, 0.2) is 51.7 Å². The fourth-order valence-electron chi connectivity index (χ4n) is 1.86. The van der Waals surface area contributed by atoms with Crippen LogP contribution < -0.4 is 16.8 Å². The maximum absolute atomic E-state index is 12.0. The third-order valence-electron chi connectivity index (χ3n) is 2.85. The third kappa shape index (κ3) is 2.26. The summed E-state index contributed by atoms with van der Waals surface area (Å²) in [5.74, 6) is -0.788. The molecule has 0 saturated carbocycles. The van der Waals surface area contributed by atoms with Gasteiger partial charge < -0.3 is 15.5 Å². The van der Waals surface area contributed by atoms with Gasteiger partial charge in [0.1, 0.15) is 0 Å². The highest BCUT2D eigenvalue weighted by atomic mass is 16.4. The van der Waals surface area contributed by atoms with E-state index in [0.717, 1.165) is 0 Å². The summed E-state index contributed by atoms with van der Waals surface area (Å²) < 4.78 is 4.93. The monoisotopic (exact) mass is 269 g/mol. The van der Waals surface area contributed by atoms with Gasteiger partial charge in [0.25, 0.3) is 5.91 Å². The minimum absolute atomic E-state index is 0.262. The molecular weight excluding hydrogens is 258 g/mol. The molecule has 1 aromatic heterocycles. The van der Waals surface area contributed by atoms with Crippen LogP contribution in [0.4, 0.5) is 11.4 Å². The minimum Gasteiger partial charge on any atom is -0.408 e. The van der Waals surface area contributed by atoms with E-state index in [1.807, 2.05) is 0 Å². The lowest BCUT2D eigenvalue weighted by Crippen LogP contribution is -2.11. The average Bonchev–Trinajstić information content (AvgIpc) is 2.78. The van der Waals surface area contributed by atoms with Gasteiger partial charge in [0.05, 0.1) is 5.52 Å². The van der Waals surface area contributed by atoms with Crippen LogP contribution in [0.25, 0.3) is 11.1 Å². The Labute approximate surface area is 113 Å². The van der Waals surface area contributed by atoms with Crippen LogP contribution in [0.2, 0.25) is 0 Å². The summed E-state index contributed by atoms with van der Waals surface area (Å²) in [6.07, 6.45) is 0. The number of nitrogen functional groups attached to an aromatic ring is 1. The number of carbonyl (C=O) groups excluding carboxylic acids is 1. The van der Waals surface area contributed by atoms with E-state index in [-0.39, 0.29) is 5.91 Å². The molecule has 0 atom stereocenters. The number of anilines is 2. The second-order valence-corrected chi connectivity index (χ2v) is 4.30. The van der Waals surface area contributed by atoms with Gasteiger partial charge in [0.15, 0.2) is 5.58 Å². The van der Waals surface area contributed by atoms with Crippen LogP contribution >= 0.6 is 0 Å². The second kappa shape index (κ2) is 4.58. The Kier molecular flexibility index (Phi) is 2.76. The normalized spacial score (nSPS) is 10.6. The Balaban J connectivity index is 1.86. The van der Waals surface area contributed by atoms with E-state index in [0.29, 0.717) is 28.0 Å². The molecule has 0 fully saturated rings. The number of amides is 1. The van der Waals surface area contributed by atoms with Crippen LogP contribution in [-0.2, 0) is 0 Å². The van der Waals surface area contributed by atoms with Crippen molar-refractivity contribution in [1.82, 2.24) is 4.98 Å². The molecule has 20 heavy (non-hydrogen) atoms. The van der Waals surface area contributed by atoms with Crippen molar-refractivity contribution in [1.29, 1.82) is 0 Å². The summed E-state index contributed by atoms with van der Waals surface area (Å²) in [7, 11) is 0. The summed E-state index contributed by atoms with van der Waals surface area (Å²) >= 11 is 0. The van der Waals surface area contributed by atoms with E-state index < -0.39 is 5.76 Å². The first-order valence-electron chi connectivity index (χ1n) is 5.91. The Bertz CT molecular complexity index is 831. The number of aromatic amines is 1. The van der Waals surface area contributed by atoms with Gasteiger partial charge in [-0.15, -0.1) is 0 Å². The average molecular weight is 269 g/mol. The van der Waals surface area contributed by atoms with E-state index in [1.54, 1.807) is 42.5 Å². The van der Waals surface area contributed by atoms with Crippen molar-refractivity contribution in [2.75, 3.05) is 11.1 Å². The molecule has 6 nitrogen and oxygen atoms in total. The van der Waals surface area contributed by atoms with Gasteiger partial charge in [-0.25, -0.2) is 4.79 Å². The molecule has 0 aliphatic heterocycles. The standard InChI is InChI=1S/C14H11N3O3/c15-9-3-1-8(2-4-9)13(18)16-10-5-6-11-12(7-10)20-14(19)17-11/h1-7H,15H2,(H,16,18)(H,17,19). The molecule has 1 amide bonds. The second-order valence-electron chi connectivity index (χ2n) is 4.30. The van der Waals surface area contributed by atoms with Crippen molar-refractivity contribution in [2.45, 2.75) is 0 Å². The maximum Gasteiger partial charge on any atom is 0.417 e. The first-order valence-corrected chi connectivity index (χ1v) is 5.91. The van der Waals surface area contributed by atoms with E-state index in [1.165, 1.54) is 0 Å². The zero-order chi connectivity index (χ0) is 14.1. The minimum atomic E-state index is -0.526. The Morgan fingerprint density at radius 3 is 2.65 bits per heavy atom. The fraction of sp³-hybridized carbons (Fsp3) is 0. The number of nitrogens with two attached hydrogens (primary N) is 1. The number of H-pyrrole nitrogens is 1. The lowest BCUT2D eigenvalue weighted by molar-refractivity contribution is 0.102. The van der Waals surface area contributed by atoms with Crippen LogP contribution in [0, 0.1) is 0 Å². The molecule has 3 rings (SSSR count). The van der Waals surface area contributed by atoms with Crippen molar-refractivity contribution in [3.8, 4) is 0 Å². The smallest absolute Gasteiger partial charge is 0.408 e. The summed E-state index contributed by atoms with van der Waals surface area (Å²) in [5.41, 5.74) is 8.18. The fourth-order valence-corrected chi connectivity index (χ4v) is 1.86. The van der Waals surface area contributed by atoms with E-state index in [4.69, 9.17) is 10.2 Å². The van der Waals surface area contributed by atoms with Gasteiger partial charge in [-0.3, -0.25) is 9.78 Å². The molecule has 100 valence electrons.